The molecule has 0 spiro atoms. The van der Waals surface area contributed by atoms with E-state index < -0.39 is 5.91 Å². The predicted octanol–water partition coefficient (Wildman–Crippen LogP) is -0.0250. The number of nitrogen functional groups attached to an aromatic ring is 1. The first-order valence-corrected chi connectivity index (χ1v) is 6.41. The summed E-state index contributed by atoms with van der Waals surface area (Å²) in [6.45, 7) is 3.26. The Labute approximate surface area is 116 Å². The number of primary amides is 1. The number of anilines is 1. The quantitative estimate of drug-likeness (QED) is 0.764. The van der Waals surface area contributed by atoms with Gasteiger partial charge in [0.1, 0.15) is 12.2 Å². The van der Waals surface area contributed by atoms with Gasteiger partial charge in [0.05, 0.1) is 6.54 Å². The van der Waals surface area contributed by atoms with Gasteiger partial charge in [-0.2, -0.15) is 0 Å². The van der Waals surface area contributed by atoms with Gasteiger partial charge >= 0.3 is 0 Å². The lowest BCUT2D eigenvalue weighted by Gasteiger charge is -2.27. The van der Waals surface area contributed by atoms with E-state index in [0.29, 0.717) is 11.3 Å². The Morgan fingerprint density at radius 3 is 2.95 bits per heavy atom. The zero-order valence-corrected chi connectivity index (χ0v) is 11.0. The molecule has 104 valence electrons. The second kappa shape index (κ2) is 4.93. The molecule has 0 fully saturated rings. The highest BCUT2D eigenvalue weighted by molar-refractivity contribution is 5.93. The number of carbonyl (C=O) groups is 1. The van der Waals surface area contributed by atoms with Gasteiger partial charge < -0.3 is 16.0 Å². The maximum absolute atomic E-state index is 11.1. The number of amides is 1. The minimum Gasteiger partial charge on any atom is -0.398 e. The Bertz CT molecular complexity index is 650. The zero-order valence-electron chi connectivity index (χ0n) is 11.0. The number of fused-ring (bicyclic) bond motifs is 1. The highest BCUT2D eigenvalue weighted by atomic mass is 16.1. The Morgan fingerprint density at radius 2 is 2.20 bits per heavy atom. The summed E-state index contributed by atoms with van der Waals surface area (Å²) >= 11 is 0. The monoisotopic (exact) mass is 272 g/mol. The van der Waals surface area contributed by atoms with Crippen LogP contribution in [0.2, 0.25) is 0 Å². The standard InChI is InChI=1S/C13H16N6O/c14-11-5-9(13(15)20)1-2-10(11)6-18-3-4-19-8-16-17-12(19)7-18/h1-2,5,8H,3-4,6-7,14H2,(H2,15,20). The molecular formula is C13H16N6O. The second-order valence-electron chi connectivity index (χ2n) is 4.93. The Kier molecular flexibility index (Phi) is 3.11. The molecule has 7 heteroatoms. The molecular weight excluding hydrogens is 256 g/mol. The molecule has 4 N–H and O–H groups in total. The van der Waals surface area contributed by atoms with E-state index in [1.807, 2.05) is 6.07 Å². The molecule has 2 heterocycles. The molecule has 1 aliphatic heterocycles. The van der Waals surface area contributed by atoms with E-state index in [9.17, 15) is 4.79 Å². The van der Waals surface area contributed by atoms with Crippen LogP contribution in [0, 0.1) is 0 Å². The fraction of sp³-hybridized carbons (Fsp3) is 0.308. The van der Waals surface area contributed by atoms with Gasteiger partial charge in [0.25, 0.3) is 0 Å². The molecule has 2 aromatic rings. The normalized spacial score (nSPS) is 15.0. The van der Waals surface area contributed by atoms with Crippen molar-refractivity contribution in [2.45, 2.75) is 19.6 Å². The number of benzene rings is 1. The lowest BCUT2D eigenvalue weighted by Crippen LogP contribution is -2.33. The molecule has 0 atom stereocenters. The molecule has 1 aromatic carbocycles. The zero-order chi connectivity index (χ0) is 14.1. The van der Waals surface area contributed by atoms with Crippen molar-refractivity contribution in [1.82, 2.24) is 19.7 Å². The smallest absolute Gasteiger partial charge is 0.248 e. The number of hydrogen-bond donors (Lipinski definition) is 2. The molecule has 0 aliphatic carbocycles. The molecule has 1 aromatic heterocycles. The number of nitrogens with zero attached hydrogens (tertiary/aromatic N) is 4. The summed E-state index contributed by atoms with van der Waals surface area (Å²) in [6.07, 6.45) is 1.75. The van der Waals surface area contributed by atoms with Crippen molar-refractivity contribution in [2.24, 2.45) is 5.73 Å². The van der Waals surface area contributed by atoms with Gasteiger partial charge in [-0.1, -0.05) is 6.07 Å². The van der Waals surface area contributed by atoms with Crippen molar-refractivity contribution in [2.75, 3.05) is 12.3 Å². The molecule has 7 nitrogen and oxygen atoms in total. The molecule has 1 aliphatic rings. The molecule has 1 amide bonds. The first-order valence-electron chi connectivity index (χ1n) is 6.41. The maximum Gasteiger partial charge on any atom is 0.248 e. The summed E-state index contributed by atoms with van der Waals surface area (Å²) in [7, 11) is 0. The van der Waals surface area contributed by atoms with Crippen LogP contribution in [0.1, 0.15) is 21.7 Å². The van der Waals surface area contributed by atoms with E-state index >= 15 is 0 Å². The van der Waals surface area contributed by atoms with Gasteiger partial charge in [0.15, 0.2) is 0 Å². The third kappa shape index (κ3) is 2.35. The third-order valence-electron chi connectivity index (χ3n) is 3.54. The van der Waals surface area contributed by atoms with Crippen LogP contribution in [0.5, 0.6) is 0 Å². The first kappa shape index (κ1) is 12.6. The third-order valence-corrected chi connectivity index (χ3v) is 3.54. The fourth-order valence-corrected chi connectivity index (χ4v) is 2.38. The Balaban J connectivity index is 1.74. The topological polar surface area (TPSA) is 103 Å². The van der Waals surface area contributed by atoms with Crippen LogP contribution in [0.3, 0.4) is 0 Å². The minimum absolute atomic E-state index is 0.435. The Morgan fingerprint density at radius 1 is 1.35 bits per heavy atom. The number of aromatic nitrogens is 3. The summed E-state index contributed by atoms with van der Waals surface area (Å²) in [4.78, 5) is 13.4. The lowest BCUT2D eigenvalue weighted by atomic mass is 10.1. The van der Waals surface area contributed by atoms with Crippen molar-refractivity contribution in [3.63, 3.8) is 0 Å². The van der Waals surface area contributed by atoms with Crippen molar-refractivity contribution >= 4 is 11.6 Å². The van der Waals surface area contributed by atoms with E-state index in [1.54, 1.807) is 18.5 Å². The van der Waals surface area contributed by atoms with E-state index in [1.165, 1.54) is 0 Å². The van der Waals surface area contributed by atoms with Crippen LogP contribution < -0.4 is 11.5 Å². The number of carbonyl (C=O) groups excluding carboxylic acids is 1. The summed E-state index contributed by atoms with van der Waals surface area (Å²) in [5.74, 6) is 0.498. The van der Waals surface area contributed by atoms with Gasteiger partial charge in [0.2, 0.25) is 5.91 Å². The van der Waals surface area contributed by atoms with E-state index in [4.69, 9.17) is 11.5 Å². The molecule has 0 bridgehead atoms. The average molecular weight is 272 g/mol. The van der Waals surface area contributed by atoms with Gasteiger partial charge in [-0.25, -0.2) is 0 Å². The van der Waals surface area contributed by atoms with Crippen LogP contribution in [-0.4, -0.2) is 32.1 Å². The molecule has 0 saturated heterocycles. The van der Waals surface area contributed by atoms with Crippen molar-refractivity contribution in [3.05, 3.63) is 41.5 Å². The predicted molar refractivity (Wildman–Crippen MR) is 73.5 cm³/mol. The molecule has 0 radical (unpaired) electrons. The molecule has 0 unspecified atom stereocenters. The van der Waals surface area contributed by atoms with Crippen LogP contribution in [0.15, 0.2) is 24.5 Å². The largest absolute Gasteiger partial charge is 0.398 e. The summed E-state index contributed by atoms with van der Waals surface area (Å²) in [5, 5.41) is 7.99. The van der Waals surface area contributed by atoms with Crippen LogP contribution in [0.4, 0.5) is 5.69 Å². The Hall–Kier alpha value is -2.41. The van der Waals surface area contributed by atoms with Gasteiger partial charge in [-0.15, -0.1) is 10.2 Å². The second-order valence-corrected chi connectivity index (χ2v) is 4.93. The van der Waals surface area contributed by atoms with Crippen molar-refractivity contribution in [1.29, 1.82) is 0 Å². The number of rotatable bonds is 3. The fourth-order valence-electron chi connectivity index (χ4n) is 2.38. The molecule has 20 heavy (non-hydrogen) atoms. The average Bonchev–Trinajstić information content (AvgIpc) is 2.88. The van der Waals surface area contributed by atoms with Crippen LogP contribution in [0.25, 0.3) is 0 Å². The van der Waals surface area contributed by atoms with Gasteiger partial charge in [-0.05, 0) is 17.7 Å². The number of nitrogens with two attached hydrogens (primary N) is 2. The number of hydrogen-bond acceptors (Lipinski definition) is 5. The molecule has 0 saturated carbocycles. The highest BCUT2D eigenvalue weighted by Gasteiger charge is 2.18. The lowest BCUT2D eigenvalue weighted by molar-refractivity contribution is 0.100. The van der Waals surface area contributed by atoms with Crippen molar-refractivity contribution in [3.8, 4) is 0 Å². The van der Waals surface area contributed by atoms with Crippen LogP contribution in [-0.2, 0) is 19.6 Å². The highest BCUT2D eigenvalue weighted by Crippen LogP contribution is 2.19. The van der Waals surface area contributed by atoms with Crippen molar-refractivity contribution < 1.29 is 4.79 Å². The minimum atomic E-state index is -0.464. The van der Waals surface area contributed by atoms with Crippen LogP contribution >= 0.6 is 0 Å². The van der Waals surface area contributed by atoms with Gasteiger partial charge in [-0.3, -0.25) is 9.69 Å². The molecule has 3 rings (SSSR count). The summed E-state index contributed by atoms with van der Waals surface area (Å²) in [6, 6.07) is 5.19. The van der Waals surface area contributed by atoms with Gasteiger partial charge in [0, 0.05) is 30.9 Å². The van der Waals surface area contributed by atoms with E-state index in [2.05, 4.69) is 19.7 Å². The maximum atomic E-state index is 11.1. The summed E-state index contributed by atoms with van der Waals surface area (Å²) in [5.41, 5.74) is 13.2. The first-order chi connectivity index (χ1) is 9.63. The van der Waals surface area contributed by atoms with E-state index in [-0.39, 0.29) is 0 Å². The van der Waals surface area contributed by atoms with E-state index in [0.717, 1.165) is 37.6 Å². The summed E-state index contributed by atoms with van der Waals surface area (Å²) < 4.78 is 2.05. The SMILES string of the molecule is NC(=O)c1ccc(CN2CCn3cnnc3C2)c(N)c1.